The van der Waals surface area contributed by atoms with Gasteiger partial charge in [-0.2, -0.15) is 0 Å². The van der Waals surface area contributed by atoms with E-state index in [-0.39, 0.29) is 0 Å². The highest BCUT2D eigenvalue weighted by atomic mass is 35.5. The van der Waals surface area contributed by atoms with Crippen LogP contribution in [-0.4, -0.2) is 15.1 Å². The van der Waals surface area contributed by atoms with Crippen molar-refractivity contribution in [3.8, 4) is 0 Å². The van der Waals surface area contributed by atoms with E-state index in [2.05, 4.69) is 26.1 Å². The highest BCUT2D eigenvalue weighted by Crippen LogP contribution is 2.52. The molecule has 0 radical (unpaired) electrons. The number of nitrogens with zero attached hydrogens (tertiary/aromatic N) is 1. The van der Waals surface area contributed by atoms with Gasteiger partial charge in [-0.15, -0.1) is 0 Å². The summed E-state index contributed by atoms with van der Waals surface area (Å²) < 4.78 is 2.00. The lowest BCUT2D eigenvalue weighted by Crippen LogP contribution is -2.36. The second kappa shape index (κ2) is 5.45. The third-order valence-corrected chi connectivity index (χ3v) is 6.64. The first-order chi connectivity index (χ1) is 9.52. The van der Waals surface area contributed by atoms with Crippen LogP contribution in [0.3, 0.4) is 0 Å². The summed E-state index contributed by atoms with van der Waals surface area (Å²) >= 11 is 13.5. The minimum atomic E-state index is 0.390. The van der Waals surface area contributed by atoms with E-state index in [9.17, 15) is 0 Å². The van der Waals surface area contributed by atoms with E-state index in [1.165, 1.54) is 36.8 Å². The van der Waals surface area contributed by atoms with E-state index in [1.54, 1.807) is 5.70 Å². The smallest absolute Gasteiger partial charge is 0.138 e. The zero-order chi connectivity index (χ0) is 14.3. The van der Waals surface area contributed by atoms with Gasteiger partial charge in [0.05, 0.1) is 7.05 Å². The second-order valence-electron chi connectivity index (χ2n) is 5.73. The van der Waals surface area contributed by atoms with Crippen molar-refractivity contribution in [2.24, 2.45) is 0 Å². The maximum atomic E-state index is 6.00. The van der Waals surface area contributed by atoms with Gasteiger partial charge in [0, 0.05) is 22.6 Å². The number of hydrogen-bond acceptors (Lipinski definition) is 2. The average molecular weight is 325 g/mol. The van der Waals surface area contributed by atoms with Crippen LogP contribution in [0.2, 0.25) is 5.02 Å². The van der Waals surface area contributed by atoms with Gasteiger partial charge in [0.2, 0.25) is 0 Å². The van der Waals surface area contributed by atoms with Crippen LogP contribution in [0, 0.1) is 0 Å². The molecule has 1 unspecified atom stereocenters. The second-order valence-corrected chi connectivity index (χ2v) is 8.18. The van der Waals surface area contributed by atoms with Crippen molar-refractivity contribution < 1.29 is 3.89 Å². The maximum Gasteiger partial charge on any atom is 0.138 e. The Bertz CT molecular complexity index is 579. The topological polar surface area (TPSA) is 0 Å². The van der Waals surface area contributed by atoms with Crippen molar-refractivity contribution in [1.29, 1.82) is 0 Å². The summed E-state index contributed by atoms with van der Waals surface area (Å²) in [5, 5.41) is 0.797. The number of rotatable bonds is 2. The summed E-state index contributed by atoms with van der Waals surface area (Å²) in [7, 11) is 2.31. The van der Waals surface area contributed by atoms with Gasteiger partial charge in [0.25, 0.3) is 0 Å². The number of benzene rings is 1. The van der Waals surface area contributed by atoms with Crippen molar-refractivity contribution >= 4 is 40.0 Å². The highest BCUT2D eigenvalue weighted by Gasteiger charge is 2.47. The van der Waals surface area contributed by atoms with Gasteiger partial charge in [0.15, 0.2) is 0 Å². The molecule has 0 N–H and O–H groups in total. The largest absolute Gasteiger partial charge is 0.224 e. The molecule has 0 bridgehead atoms. The van der Waals surface area contributed by atoms with E-state index >= 15 is 0 Å². The van der Waals surface area contributed by atoms with E-state index in [0.717, 1.165) is 13.1 Å². The predicted molar refractivity (Wildman–Crippen MR) is 91.7 cm³/mol. The standard InChI is InChI=1S/C16H19ClNS2/c1-11(12-7-9-13(17)10-8-12)18(2)15-6-4-3-5-14(15)16(19)20-18/h7-11H,3-6H2,1-2H3/q+1/t11-,18?/m1/s1. The number of hydrogen-bond donors (Lipinski definition) is 0. The highest BCUT2D eigenvalue weighted by molar-refractivity contribution is 8.20. The van der Waals surface area contributed by atoms with Crippen molar-refractivity contribution in [3.05, 3.63) is 46.1 Å². The quantitative estimate of drug-likeness (QED) is 0.391. The third kappa shape index (κ3) is 2.35. The van der Waals surface area contributed by atoms with Crippen molar-refractivity contribution in [1.82, 2.24) is 0 Å². The molecule has 20 heavy (non-hydrogen) atoms. The Morgan fingerprint density at radius 1 is 1.20 bits per heavy atom. The Hall–Kier alpha value is -0.350. The average Bonchev–Trinajstić information content (AvgIpc) is 2.72. The summed E-state index contributed by atoms with van der Waals surface area (Å²) in [6, 6.07) is 8.63. The molecule has 1 nitrogen and oxygen atoms in total. The SMILES string of the molecule is C[C@H](c1ccc(Cl)cc1)[N+]1(C)SC(=S)C2=C1CCCC2. The molecule has 2 atom stereocenters. The van der Waals surface area contributed by atoms with Crippen LogP contribution < -0.4 is 0 Å². The molecule has 1 aliphatic heterocycles. The molecule has 106 valence electrons. The molecule has 0 aromatic heterocycles. The molecule has 1 aromatic rings. The Morgan fingerprint density at radius 2 is 1.85 bits per heavy atom. The number of allylic oxidation sites excluding steroid dienone is 1. The molecule has 0 fully saturated rings. The Kier molecular flexibility index (Phi) is 3.97. The molecule has 1 aromatic carbocycles. The van der Waals surface area contributed by atoms with Crippen LogP contribution in [0.15, 0.2) is 35.5 Å². The lowest BCUT2D eigenvalue weighted by atomic mass is 9.95. The fraction of sp³-hybridized carbons (Fsp3) is 0.438. The van der Waals surface area contributed by atoms with Crippen LogP contribution in [0.5, 0.6) is 0 Å². The minimum Gasteiger partial charge on any atom is -0.224 e. The molecule has 2 aliphatic rings. The van der Waals surface area contributed by atoms with Gasteiger partial charge in [-0.1, -0.05) is 36.0 Å². The monoisotopic (exact) mass is 324 g/mol. The fourth-order valence-electron chi connectivity index (χ4n) is 3.22. The molecule has 0 amide bonds. The van der Waals surface area contributed by atoms with Crippen LogP contribution in [0.4, 0.5) is 0 Å². The summed E-state index contributed by atoms with van der Waals surface area (Å²) in [6.45, 7) is 2.30. The first kappa shape index (κ1) is 14.6. The van der Waals surface area contributed by atoms with Crippen molar-refractivity contribution in [3.63, 3.8) is 0 Å². The lowest BCUT2D eigenvalue weighted by molar-refractivity contribution is -0.765. The molecular weight excluding hydrogens is 306 g/mol. The third-order valence-electron chi connectivity index (χ3n) is 4.59. The molecular formula is C16H19ClNS2+. The molecule has 0 saturated heterocycles. The van der Waals surface area contributed by atoms with E-state index in [0.29, 0.717) is 6.04 Å². The van der Waals surface area contributed by atoms with E-state index in [1.807, 2.05) is 24.1 Å². The summed E-state index contributed by atoms with van der Waals surface area (Å²) in [5.74, 6) is 0. The van der Waals surface area contributed by atoms with Gasteiger partial charge in [-0.05, 0) is 38.3 Å². The van der Waals surface area contributed by atoms with Gasteiger partial charge in [-0.25, -0.2) is 3.89 Å². The van der Waals surface area contributed by atoms with Gasteiger partial charge >= 0.3 is 0 Å². The molecule has 0 saturated carbocycles. The van der Waals surface area contributed by atoms with Gasteiger partial charge < -0.3 is 0 Å². The molecule has 0 spiro atoms. The summed E-state index contributed by atoms with van der Waals surface area (Å²) in [5.41, 5.74) is 4.33. The van der Waals surface area contributed by atoms with E-state index in [4.69, 9.17) is 23.8 Å². The van der Waals surface area contributed by atoms with Gasteiger partial charge in [0.1, 0.15) is 27.9 Å². The minimum absolute atomic E-state index is 0.390. The molecule has 4 heteroatoms. The van der Waals surface area contributed by atoms with Crippen LogP contribution in [0.1, 0.15) is 44.2 Å². The Balaban J connectivity index is 1.98. The number of halogens is 1. The van der Waals surface area contributed by atoms with Crippen molar-refractivity contribution in [2.75, 3.05) is 7.05 Å². The number of quaternary nitrogens is 1. The van der Waals surface area contributed by atoms with Gasteiger partial charge in [-0.3, -0.25) is 0 Å². The fourth-order valence-corrected chi connectivity index (χ4v) is 5.30. The van der Waals surface area contributed by atoms with Crippen LogP contribution in [0.25, 0.3) is 0 Å². The maximum absolute atomic E-state index is 6.00. The number of thiocarbonyl (C=S) groups is 1. The molecule has 3 rings (SSSR count). The molecule has 1 heterocycles. The predicted octanol–water partition coefficient (Wildman–Crippen LogP) is 5.66. The summed E-state index contributed by atoms with van der Waals surface area (Å²) in [4.78, 5) is 0. The Morgan fingerprint density at radius 3 is 2.55 bits per heavy atom. The normalized spacial score (nSPS) is 27.6. The van der Waals surface area contributed by atoms with Crippen LogP contribution >= 0.6 is 35.8 Å². The van der Waals surface area contributed by atoms with E-state index < -0.39 is 0 Å². The zero-order valence-electron chi connectivity index (χ0n) is 11.9. The molecule has 1 aliphatic carbocycles. The zero-order valence-corrected chi connectivity index (χ0v) is 14.2. The summed E-state index contributed by atoms with van der Waals surface area (Å²) in [6.07, 6.45) is 4.94. The lowest BCUT2D eigenvalue weighted by Gasteiger charge is -2.36. The Labute approximate surface area is 135 Å². The first-order valence-electron chi connectivity index (χ1n) is 7.10. The van der Waals surface area contributed by atoms with Crippen LogP contribution in [-0.2, 0) is 0 Å². The first-order valence-corrected chi connectivity index (χ1v) is 8.66. The van der Waals surface area contributed by atoms with Crippen molar-refractivity contribution in [2.45, 2.75) is 38.6 Å².